The molecule has 1 aromatic heterocycles. The number of ether oxygens (including phenoxy) is 1. The van der Waals surface area contributed by atoms with Crippen molar-refractivity contribution < 1.29 is 14.6 Å². The smallest absolute Gasteiger partial charge is 0.377 e. The molecule has 0 fully saturated rings. The number of nitrogens with zero attached hydrogens (tertiary/aromatic N) is 3. The minimum atomic E-state index is -0.753. The van der Waals surface area contributed by atoms with Gasteiger partial charge in [0.2, 0.25) is 0 Å². The molecule has 0 aliphatic heterocycles. The molecular formula is C9H15N3O3. The van der Waals surface area contributed by atoms with E-state index >= 15 is 0 Å². The molecule has 0 atom stereocenters. The van der Waals surface area contributed by atoms with E-state index in [4.69, 9.17) is 0 Å². The maximum absolute atomic E-state index is 11.0. The molecule has 1 heterocycles. The number of rotatable bonds is 4. The van der Waals surface area contributed by atoms with Crippen molar-refractivity contribution in [1.82, 2.24) is 14.8 Å². The fraction of sp³-hybridized carbons (Fsp3) is 0.667. The third kappa shape index (κ3) is 3.67. The highest BCUT2D eigenvalue weighted by atomic mass is 16.5. The van der Waals surface area contributed by atoms with Crippen molar-refractivity contribution in [3.63, 3.8) is 0 Å². The molecule has 15 heavy (non-hydrogen) atoms. The molecule has 0 aliphatic rings. The van der Waals surface area contributed by atoms with Gasteiger partial charge in [0.25, 0.3) is 5.82 Å². The molecule has 1 N–H and O–H groups in total. The van der Waals surface area contributed by atoms with Gasteiger partial charge < -0.3 is 9.84 Å². The minimum absolute atomic E-state index is 0.0354. The van der Waals surface area contributed by atoms with Gasteiger partial charge in [-0.3, -0.25) is 4.68 Å². The largest absolute Gasteiger partial charge is 0.463 e. The summed E-state index contributed by atoms with van der Waals surface area (Å²) in [5, 5.41) is 13.4. The molecule has 6 nitrogen and oxygen atoms in total. The van der Waals surface area contributed by atoms with Gasteiger partial charge in [0, 0.05) is 6.54 Å². The normalized spacial score (nSPS) is 11.5. The third-order valence-electron chi connectivity index (χ3n) is 1.86. The topological polar surface area (TPSA) is 77.2 Å². The maximum Gasteiger partial charge on any atom is 0.377 e. The number of carbonyl (C=O) groups excluding carboxylic acids is 1. The van der Waals surface area contributed by atoms with E-state index in [0.717, 1.165) is 0 Å². The summed E-state index contributed by atoms with van der Waals surface area (Å²) in [7, 11) is 1.28. The number of methoxy groups -OCH3 is 1. The highest BCUT2D eigenvalue weighted by Gasteiger charge is 2.14. The number of aliphatic hydroxyl groups is 1. The van der Waals surface area contributed by atoms with Gasteiger partial charge in [0.05, 0.1) is 12.7 Å². The van der Waals surface area contributed by atoms with Crippen LogP contribution in [0.25, 0.3) is 0 Å². The lowest BCUT2D eigenvalue weighted by molar-refractivity contribution is 0.0585. The molecule has 0 bridgehead atoms. The SMILES string of the molecule is COC(=O)c1ncn(CCC(C)(C)O)n1. The summed E-state index contributed by atoms with van der Waals surface area (Å²) >= 11 is 0. The van der Waals surface area contributed by atoms with Crippen molar-refractivity contribution in [2.75, 3.05) is 7.11 Å². The zero-order chi connectivity index (χ0) is 11.5. The lowest BCUT2D eigenvalue weighted by Gasteiger charge is -2.15. The molecule has 0 aromatic carbocycles. The van der Waals surface area contributed by atoms with Crippen LogP contribution >= 0.6 is 0 Å². The average Bonchev–Trinajstić information content (AvgIpc) is 2.61. The summed E-state index contributed by atoms with van der Waals surface area (Å²) in [6.45, 7) is 3.93. The molecule has 0 saturated heterocycles. The van der Waals surface area contributed by atoms with Crippen molar-refractivity contribution in [3.8, 4) is 0 Å². The van der Waals surface area contributed by atoms with Crippen molar-refractivity contribution >= 4 is 5.97 Å². The van der Waals surface area contributed by atoms with Gasteiger partial charge in [0.15, 0.2) is 0 Å². The molecule has 0 radical (unpaired) electrons. The molecule has 1 aromatic rings. The number of aryl methyl sites for hydroxylation is 1. The predicted molar refractivity (Wildman–Crippen MR) is 52.3 cm³/mol. The van der Waals surface area contributed by atoms with Crippen molar-refractivity contribution in [1.29, 1.82) is 0 Å². The van der Waals surface area contributed by atoms with Gasteiger partial charge in [-0.15, -0.1) is 5.10 Å². The quantitative estimate of drug-likeness (QED) is 0.724. The van der Waals surface area contributed by atoms with Gasteiger partial charge >= 0.3 is 5.97 Å². The van der Waals surface area contributed by atoms with Gasteiger partial charge in [-0.25, -0.2) is 9.78 Å². The molecule has 84 valence electrons. The number of esters is 1. The van der Waals surface area contributed by atoms with E-state index < -0.39 is 11.6 Å². The highest BCUT2D eigenvalue weighted by Crippen LogP contribution is 2.08. The highest BCUT2D eigenvalue weighted by molar-refractivity contribution is 5.84. The summed E-state index contributed by atoms with van der Waals surface area (Å²) in [5.74, 6) is -0.523. The summed E-state index contributed by atoms with van der Waals surface area (Å²) < 4.78 is 5.97. The Morgan fingerprint density at radius 3 is 2.87 bits per heavy atom. The maximum atomic E-state index is 11.0. The molecule has 0 unspecified atom stereocenters. The van der Waals surface area contributed by atoms with Crippen molar-refractivity contribution in [2.45, 2.75) is 32.4 Å². The second kappa shape index (κ2) is 4.39. The van der Waals surface area contributed by atoms with Crippen LogP contribution < -0.4 is 0 Å². The monoisotopic (exact) mass is 213 g/mol. The second-order valence-corrected chi connectivity index (χ2v) is 3.89. The third-order valence-corrected chi connectivity index (χ3v) is 1.86. The van der Waals surface area contributed by atoms with Crippen LogP contribution in [0, 0.1) is 0 Å². The number of hydrogen-bond acceptors (Lipinski definition) is 5. The Morgan fingerprint density at radius 2 is 2.33 bits per heavy atom. The molecule has 0 saturated carbocycles. The standard InChI is InChI=1S/C9H15N3O3/c1-9(2,14)4-5-12-6-10-7(11-12)8(13)15-3/h6,14H,4-5H2,1-3H3. The Bertz CT molecular complexity index is 341. The van der Waals surface area contributed by atoms with Crippen LogP contribution in [0.1, 0.15) is 30.9 Å². The molecule has 0 amide bonds. The van der Waals surface area contributed by atoms with Gasteiger partial charge in [-0.05, 0) is 20.3 Å². The lowest BCUT2D eigenvalue weighted by Crippen LogP contribution is -2.21. The lowest BCUT2D eigenvalue weighted by atomic mass is 10.1. The minimum Gasteiger partial charge on any atom is -0.463 e. The first-order valence-electron chi connectivity index (χ1n) is 4.62. The van der Waals surface area contributed by atoms with Gasteiger partial charge in [0.1, 0.15) is 6.33 Å². The predicted octanol–water partition coefficient (Wildman–Crippen LogP) is 0.226. The summed E-state index contributed by atoms with van der Waals surface area (Å²) in [6, 6.07) is 0. The Morgan fingerprint density at radius 1 is 1.67 bits per heavy atom. The van der Waals surface area contributed by atoms with Crippen molar-refractivity contribution in [3.05, 3.63) is 12.2 Å². The number of carbonyl (C=O) groups is 1. The fourth-order valence-corrected chi connectivity index (χ4v) is 0.975. The van der Waals surface area contributed by atoms with Crippen LogP contribution in [-0.2, 0) is 11.3 Å². The first kappa shape index (κ1) is 11.6. The second-order valence-electron chi connectivity index (χ2n) is 3.89. The first-order chi connectivity index (χ1) is 6.92. The summed E-state index contributed by atoms with van der Waals surface area (Å²) in [5.41, 5.74) is -0.753. The fourth-order valence-electron chi connectivity index (χ4n) is 0.975. The zero-order valence-corrected chi connectivity index (χ0v) is 9.10. The molecule has 0 aliphatic carbocycles. The zero-order valence-electron chi connectivity index (χ0n) is 9.10. The van der Waals surface area contributed by atoms with E-state index in [2.05, 4.69) is 14.8 Å². The van der Waals surface area contributed by atoms with Crippen LogP contribution in [0.3, 0.4) is 0 Å². The molecule has 6 heteroatoms. The van der Waals surface area contributed by atoms with Gasteiger partial charge in [-0.1, -0.05) is 0 Å². The van der Waals surface area contributed by atoms with E-state index in [-0.39, 0.29) is 5.82 Å². The Hall–Kier alpha value is -1.43. The van der Waals surface area contributed by atoms with E-state index in [9.17, 15) is 9.90 Å². The van der Waals surface area contributed by atoms with Crippen LogP contribution in [-0.4, -0.2) is 38.6 Å². The Labute approximate surface area is 87.9 Å². The Balaban J connectivity index is 2.57. The van der Waals surface area contributed by atoms with E-state index in [0.29, 0.717) is 13.0 Å². The van der Waals surface area contributed by atoms with E-state index in [1.807, 2.05) is 0 Å². The van der Waals surface area contributed by atoms with E-state index in [1.165, 1.54) is 18.1 Å². The molecular weight excluding hydrogens is 198 g/mol. The Kier molecular flexibility index (Phi) is 3.41. The van der Waals surface area contributed by atoms with Crippen LogP contribution in [0.4, 0.5) is 0 Å². The summed E-state index contributed by atoms with van der Waals surface area (Å²) in [4.78, 5) is 14.8. The summed E-state index contributed by atoms with van der Waals surface area (Å²) in [6.07, 6.45) is 1.98. The number of aromatic nitrogens is 3. The molecule has 1 rings (SSSR count). The van der Waals surface area contributed by atoms with Crippen LogP contribution in [0.15, 0.2) is 6.33 Å². The van der Waals surface area contributed by atoms with E-state index in [1.54, 1.807) is 13.8 Å². The molecule has 0 spiro atoms. The number of hydrogen-bond donors (Lipinski definition) is 1. The van der Waals surface area contributed by atoms with Gasteiger partial charge in [-0.2, -0.15) is 0 Å². The average molecular weight is 213 g/mol. The van der Waals surface area contributed by atoms with Crippen molar-refractivity contribution in [2.24, 2.45) is 0 Å². The van der Waals surface area contributed by atoms with Crippen LogP contribution in [0.2, 0.25) is 0 Å². The van der Waals surface area contributed by atoms with Crippen LogP contribution in [0.5, 0.6) is 0 Å². The first-order valence-corrected chi connectivity index (χ1v) is 4.62.